The minimum atomic E-state index is -4.78. The summed E-state index contributed by atoms with van der Waals surface area (Å²) in [5.74, 6) is -2.27. The molecule has 174 valence electrons. The summed E-state index contributed by atoms with van der Waals surface area (Å²) in [6, 6.07) is 5.89. The van der Waals surface area contributed by atoms with Crippen LogP contribution < -0.4 is 10.2 Å². The van der Waals surface area contributed by atoms with Gasteiger partial charge in [-0.1, -0.05) is 0 Å². The third-order valence-corrected chi connectivity index (χ3v) is 6.76. The van der Waals surface area contributed by atoms with Crippen LogP contribution in [0.5, 0.6) is 0 Å². The van der Waals surface area contributed by atoms with Gasteiger partial charge in [-0.3, -0.25) is 4.79 Å². The Balaban J connectivity index is 1.95. The van der Waals surface area contributed by atoms with Crippen molar-refractivity contribution in [2.45, 2.75) is 11.1 Å². The van der Waals surface area contributed by atoms with E-state index in [-0.39, 0.29) is 36.9 Å². The molecule has 32 heavy (non-hydrogen) atoms. The van der Waals surface area contributed by atoms with Crippen molar-refractivity contribution in [3.8, 4) is 0 Å². The van der Waals surface area contributed by atoms with E-state index in [1.165, 1.54) is 11.0 Å². The summed E-state index contributed by atoms with van der Waals surface area (Å²) in [4.78, 5) is 13.7. The summed E-state index contributed by atoms with van der Waals surface area (Å²) in [6.07, 6.45) is -4.78. The molecule has 0 radical (unpaired) electrons. The van der Waals surface area contributed by atoms with Crippen molar-refractivity contribution in [2.24, 2.45) is 0 Å². The van der Waals surface area contributed by atoms with Crippen molar-refractivity contribution in [1.29, 1.82) is 0 Å². The van der Waals surface area contributed by atoms with Crippen LogP contribution in [0.15, 0.2) is 41.3 Å². The van der Waals surface area contributed by atoms with Crippen LogP contribution in [0.1, 0.15) is 15.9 Å². The SMILES string of the molecule is CN(C)c1ccc(NC(=O)c2cc(S(=O)(=O)N3CCOCC3)ccc2F)c(C(F)(F)F)c1. The highest BCUT2D eigenvalue weighted by molar-refractivity contribution is 7.89. The summed E-state index contributed by atoms with van der Waals surface area (Å²) >= 11 is 0. The second-order valence-electron chi connectivity index (χ2n) is 7.23. The Kier molecular flexibility index (Phi) is 6.77. The third kappa shape index (κ3) is 5.03. The maximum absolute atomic E-state index is 14.3. The molecule has 1 heterocycles. The van der Waals surface area contributed by atoms with Gasteiger partial charge in [-0.2, -0.15) is 17.5 Å². The van der Waals surface area contributed by atoms with Gasteiger partial charge in [-0.25, -0.2) is 12.8 Å². The lowest BCUT2D eigenvalue weighted by molar-refractivity contribution is -0.136. The summed E-state index contributed by atoms with van der Waals surface area (Å²) in [6.45, 7) is 0.566. The van der Waals surface area contributed by atoms with E-state index in [9.17, 15) is 30.8 Å². The lowest BCUT2D eigenvalue weighted by atomic mass is 10.1. The number of amides is 1. The normalized spacial score (nSPS) is 15.4. The second kappa shape index (κ2) is 9.04. The Hall–Kier alpha value is -2.70. The maximum Gasteiger partial charge on any atom is 0.418 e. The van der Waals surface area contributed by atoms with Gasteiger partial charge in [0.2, 0.25) is 10.0 Å². The van der Waals surface area contributed by atoms with Gasteiger partial charge in [0, 0.05) is 32.9 Å². The number of ether oxygens (including phenoxy) is 1. The lowest BCUT2D eigenvalue weighted by Crippen LogP contribution is -2.40. The minimum Gasteiger partial charge on any atom is -0.379 e. The van der Waals surface area contributed by atoms with Crippen molar-refractivity contribution in [2.75, 3.05) is 50.6 Å². The molecule has 2 aromatic rings. The number of nitrogens with zero attached hydrogens (tertiary/aromatic N) is 2. The first-order valence-electron chi connectivity index (χ1n) is 9.48. The fourth-order valence-corrected chi connectivity index (χ4v) is 4.55. The van der Waals surface area contributed by atoms with Crippen LogP contribution in [-0.4, -0.2) is 59.0 Å². The molecule has 1 fully saturated rings. The first-order valence-corrected chi connectivity index (χ1v) is 10.9. The second-order valence-corrected chi connectivity index (χ2v) is 9.17. The molecular weight excluding hydrogens is 454 g/mol. The number of carbonyl (C=O) groups excluding carboxylic acids is 1. The average Bonchev–Trinajstić information content (AvgIpc) is 2.73. The maximum atomic E-state index is 14.3. The fourth-order valence-electron chi connectivity index (χ4n) is 3.12. The number of nitrogens with one attached hydrogen (secondary N) is 1. The molecule has 3 rings (SSSR count). The highest BCUT2D eigenvalue weighted by atomic mass is 32.2. The largest absolute Gasteiger partial charge is 0.418 e. The van der Waals surface area contributed by atoms with Gasteiger partial charge < -0.3 is 15.0 Å². The molecular formula is C20H21F4N3O4S. The first-order chi connectivity index (χ1) is 14.9. The standard InChI is InChI=1S/C20H21F4N3O4S/c1-26(2)13-3-6-18(16(11-13)20(22,23)24)25-19(28)15-12-14(4-5-17(15)21)32(29,30)27-7-9-31-10-8-27/h3-6,11-12H,7-10H2,1-2H3,(H,25,28). The van der Waals surface area contributed by atoms with Crippen LogP contribution in [0.3, 0.4) is 0 Å². The predicted octanol–water partition coefficient (Wildman–Crippen LogP) is 3.18. The van der Waals surface area contributed by atoms with E-state index in [0.717, 1.165) is 34.6 Å². The zero-order valence-corrected chi connectivity index (χ0v) is 18.1. The molecule has 1 amide bonds. The monoisotopic (exact) mass is 475 g/mol. The number of rotatable bonds is 5. The Bertz CT molecular complexity index is 1110. The highest BCUT2D eigenvalue weighted by Gasteiger charge is 2.35. The number of morpholine rings is 1. The van der Waals surface area contributed by atoms with E-state index < -0.39 is 44.7 Å². The molecule has 0 unspecified atom stereocenters. The lowest BCUT2D eigenvalue weighted by Gasteiger charge is -2.26. The number of anilines is 2. The van der Waals surface area contributed by atoms with Crippen molar-refractivity contribution >= 4 is 27.3 Å². The minimum absolute atomic E-state index is 0.0917. The van der Waals surface area contributed by atoms with Gasteiger partial charge in [0.05, 0.1) is 34.9 Å². The molecule has 7 nitrogen and oxygen atoms in total. The molecule has 1 N–H and O–H groups in total. The highest BCUT2D eigenvalue weighted by Crippen LogP contribution is 2.37. The number of benzene rings is 2. The van der Waals surface area contributed by atoms with Gasteiger partial charge in [0.15, 0.2) is 0 Å². The number of sulfonamides is 1. The van der Waals surface area contributed by atoms with Crippen LogP contribution in [0.4, 0.5) is 28.9 Å². The Morgan fingerprint density at radius 2 is 1.75 bits per heavy atom. The van der Waals surface area contributed by atoms with E-state index in [0.29, 0.717) is 0 Å². The number of hydrogen-bond donors (Lipinski definition) is 1. The molecule has 0 bridgehead atoms. The van der Waals surface area contributed by atoms with Gasteiger partial charge in [-0.15, -0.1) is 0 Å². The third-order valence-electron chi connectivity index (χ3n) is 4.86. The number of hydrogen-bond acceptors (Lipinski definition) is 5. The predicted molar refractivity (Wildman–Crippen MR) is 110 cm³/mol. The summed E-state index contributed by atoms with van der Waals surface area (Å²) in [5, 5.41) is 2.05. The molecule has 1 aliphatic heterocycles. The van der Waals surface area contributed by atoms with Gasteiger partial charge in [-0.05, 0) is 36.4 Å². The number of alkyl halides is 3. The summed E-state index contributed by atoms with van der Waals surface area (Å²) < 4.78 is 86.7. The molecule has 1 saturated heterocycles. The van der Waals surface area contributed by atoms with Gasteiger partial charge in [0.25, 0.3) is 5.91 Å². The van der Waals surface area contributed by atoms with Crippen molar-refractivity contribution in [3.05, 3.63) is 53.3 Å². The first kappa shape index (κ1) is 24.0. The quantitative estimate of drug-likeness (QED) is 0.673. The van der Waals surface area contributed by atoms with Gasteiger partial charge >= 0.3 is 6.18 Å². The number of halogens is 4. The van der Waals surface area contributed by atoms with Crippen molar-refractivity contribution < 1.29 is 35.5 Å². The summed E-state index contributed by atoms with van der Waals surface area (Å²) in [7, 11) is -0.915. The Morgan fingerprint density at radius 3 is 2.34 bits per heavy atom. The molecule has 0 aromatic heterocycles. The van der Waals surface area contributed by atoms with Crippen molar-refractivity contribution in [3.63, 3.8) is 0 Å². The number of carbonyl (C=O) groups is 1. The Morgan fingerprint density at radius 1 is 1.09 bits per heavy atom. The van der Waals surface area contributed by atoms with Crippen LogP contribution >= 0.6 is 0 Å². The van der Waals surface area contributed by atoms with E-state index in [1.54, 1.807) is 14.1 Å². The zero-order valence-electron chi connectivity index (χ0n) is 17.2. The van der Waals surface area contributed by atoms with E-state index >= 15 is 0 Å². The van der Waals surface area contributed by atoms with Crippen molar-refractivity contribution in [1.82, 2.24) is 4.31 Å². The fraction of sp³-hybridized carbons (Fsp3) is 0.350. The molecule has 0 spiro atoms. The van der Waals surface area contributed by atoms with E-state index in [1.807, 2.05) is 0 Å². The molecule has 0 atom stereocenters. The van der Waals surface area contributed by atoms with Crippen LogP contribution in [0.2, 0.25) is 0 Å². The van der Waals surface area contributed by atoms with E-state index in [2.05, 4.69) is 5.32 Å². The van der Waals surface area contributed by atoms with Gasteiger partial charge in [0.1, 0.15) is 5.82 Å². The molecule has 12 heteroatoms. The van der Waals surface area contributed by atoms with Crippen LogP contribution in [-0.2, 0) is 20.9 Å². The molecule has 0 saturated carbocycles. The Labute approximate surface area is 182 Å². The zero-order chi connectivity index (χ0) is 23.7. The van der Waals surface area contributed by atoms with Crippen LogP contribution in [0.25, 0.3) is 0 Å². The molecule has 2 aromatic carbocycles. The summed E-state index contributed by atoms with van der Waals surface area (Å²) in [5.41, 5.74) is -2.13. The van der Waals surface area contributed by atoms with E-state index in [4.69, 9.17) is 4.74 Å². The topological polar surface area (TPSA) is 79.0 Å². The smallest absolute Gasteiger partial charge is 0.379 e. The average molecular weight is 475 g/mol. The molecule has 0 aliphatic carbocycles. The van der Waals surface area contributed by atoms with Crippen LogP contribution in [0, 0.1) is 5.82 Å². The molecule has 1 aliphatic rings.